The Morgan fingerprint density at radius 3 is 2.50 bits per heavy atom. The topological polar surface area (TPSA) is 34.1 Å². The highest BCUT2D eigenvalue weighted by atomic mass is 79.9. The fourth-order valence-corrected chi connectivity index (χ4v) is 1.89. The Labute approximate surface area is 95.4 Å². The van der Waals surface area contributed by atoms with Crippen LogP contribution >= 0.6 is 27.5 Å². The van der Waals surface area contributed by atoms with Crippen molar-refractivity contribution in [1.29, 1.82) is 0 Å². The van der Waals surface area contributed by atoms with Crippen molar-refractivity contribution in [3.63, 3.8) is 0 Å². The lowest BCUT2D eigenvalue weighted by Gasteiger charge is -2.01. The van der Waals surface area contributed by atoms with Gasteiger partial charge in [0.2, 0.25) is 0 Å². The third kappa shape index (κ3) is 2.42. The van der Waals surface area contributed by atoms with Gasteiger partial charge in [0.15, 0.2) is 5.78 Å². The van der Waals surface area contributed by atoms with Crippen LogP contribution in [-0.2, 0) is 0 Å². The summed E-state index contributed by atoms with van der Waals surface area (Å²) in [7, 11) is 0. The second kappa shape index (κ2) is 4.71. The molecule has 74 valence electrons. The lowest BCUT2D eigenvalue weighted by atomic mass is 10.1. The first-order chi connectivity index (χ1) is 6.56. The maximum atomic E-state index is 11.3. The molecule has 1 aromatic carbocycles. The SMILES string of the molecule is CCC(=O)c1ccc(C(=O)Cl)c(Br)c1. The summed E-state index contributed by atoms with van der Waals surface area (Å²) in [6.45, 7) is 1.79. The summed E-state index contributed by atoms with van der Waals surface area (Å²) in [5, 5.41) is -0.535. The van der Waals surface area contributed by atoms with Crippen molar-refractivity contribution in [1.82, 2.24) is 0 Å². The molecule has 0 unspecified atom stereocenters. The van der Waals surface area contributed by atoms with Gasteiger partial charge in [0.1, 0.15) is 0 Å². The van der Waals surface area contributed by atoms with E-state index in [1.807, 2.05) is 0 Å². The molecular weight excluding hydrogens is 267 g/mol. The number of halogens is 2. The van der Waals surface area contributed by atoms with Crippen LogP contribution in [0, 0.1) is 0 Å². The van der Waals surface area contributed by atoms with Crippen LogP contribution in [0.3, 0.4) is 0 Å². The van der Waals surface area contributed by atoms with Crippen LogP contribution in [0.4, 0.5) is 0 Å². The molecule has 0 aliphatic rings. The predicted octanol–water partition coefficient (Wildman–Crippen LogP) is 3.42. The summed E-state index contributed by atoms with van der Waals surface area (Å²) in [4.78, 5) is 22.2. The first kappa shape index (κ1) is 11.4. The molecule has 1 aromatic rings. The molecule has 4 heteroatoms. The Morgan fingerprint density at radius 1 is 1.43 bits per heavy atom. The van der Waals surface area contributed by atoms with Gasteiger partial charge in [-0.05, 0) is 39.7 Å². The molecule has 0 saturated carbocycles. The van der Waals surface area contributed by atoms with Crippen molar-refractivity contribution in [2.24, 2.45) is 0 Å². The molecular formula is C10H8BrClO2. The van der Waals surface area contributed by atoms with Crippen molar-refractivity contribution < 1.29 is 9.59 Å². The van der Waals surface area contributed by atoms with Crippen LogP contribution in [0.2, 0.25) is 0 Å². The normalized spacial score (nSPS) is 9.93. The van der Waals surface area contributed by atoms with E-state index in [-0.39, 0.29) is 5.78 Å². The number of hydrogen-bond donors (Lipinski definition) is 0. The van der Waals surface area contributed by atoms with Gasteiger partial charge in [-0.2, -0.15) is 0 Å². The van der Waals surface area contributed by atoms with Crippen molar-refractivity contribution in [3.05, 3.63) is 33.8 Å². The van der Waals surface area contributed by atoms with Gasteiger partial charge in [0, 0.05) is 22.0 Å². The smallest absolute Gasteiger partial charge is 0.253 e. The van der Waals surface area contributed by atoms with Crippen LogP contribution in [0.1, 0.15) is 34.1 Å². The minimum atomic E-state index is -0.535. The van der Waals surface area contributed by atoms with E-state index in [1.165, 1.54) is 0 Å². The third-order valence-electron chi connectivity index (χ3n) is 1.82. The van der Waals surface area contributed by atoms with Gasteiger partial charge >= 0.3 is 0 Å². The summed E-state index contributed by atoms with van der Waals surface area (Å²) < 4.78 is 0.553. The van der Waals surface area contributed by atoms with Crippen molar-refractivity contribution >= 4 is 38.6 Å². The molecule has 14 heavy (non-hydrogen) atoms. The number of rotatable bonds is 3. The van der Waals surface area contributed by atoms with E-state index >= 15 is 0 Å². The Bertz CT molecular complexity index is 388. The number of Topliss-reactive ketones (excluding diaryl/α,β-unsaturated/α-hetero) is 1. The molecule has 1 rings (SSSR count). The monoisotopic (exact) mass is 274 g/mol. The van der Waals surface area contributed by atoms with Crippen molar-refractivity contribution in [2.45, 2.75) is 13.3 Å². The summed E-state index contributed by atoms with van der Waals surface area (Å²) in [6.07, 6.45) is 0.445. The highest BCUT2D eigenvalue weighted by molar-refractivity contribution is 9.10. The average molecular weight is 276 g/mol. The molecule has 0 aromatic heterocycles. The zero-order valence-electron chi connectivity index (χ0n) is 7.51. The van der Waals surface area contributed by atoms with Gasteiger partial charge < -0.3 is 0 Å². The molecule has 2 nitrogen and oxygen atoms in total. The quantitative estimate of drug-likeness (QED) is 0.626. The maximum absolute atomic E-state index is 11.3. The first-order valence-corrected chi connectivity index (χ1v) is 5.26. The van der Waals surface area contributed by atoms with Crippen LogP contribution in [-0.4, -0.2) is 11.0 Å². The van der Waals surface area contributed by atoms with E-state index < -0.39 is 5.24 Å². The minimum Gasteiger partial charge on any atom is -0.294 e. The van der Waals surface area contributed by atoms with E-state index in [1.54, 1.807) is 25.1 Å². The summed E-state index contributed by atoms with van der Waals surface area (Å²) in [5.41, 5.74) is 0.959. The molecule has 0 radical (unpaired) electrons. The summed E-state index contributed by atoms with van der Waals surface area (Å²) in [5.74, 6) is 0.0410. The zero-order chi connectivity index (χ0) is 10.7. The van der Waals surface area contributed by atoms with E-state index in [0.29, 0.717) is 22.0 Å². The number of hydrogen-bond acceptors (Lipinski definition) is 2. The fourth-order valence-electron chi connectivity index (χ4n) is 1.05. The number of benzene rings is 1. The van der Waals surface area contributed by atoms with Crippen LogP contribution in [0.25, 0.3) is 0 Å². The summed E-state index contributed by atoms with van der Waals surface area (Å²) in [6, 6.07) is 4.76. The van der Waals surface area contributed by atoms with E-state index in [4.69, 9.17) is 11.6 Å². The Kier molecular flexibility index (Phi) is 3.84. The molecule has 0 aliphatic heterocycles. The van der Waals surface area contributed by atoms with E-state index in [2.05, 4.69) is 15.9 Å². The average Bonchev–Trinajstić information content (AvgIpc) is 2.15. The zero-order valence-corrected chi connectivity index (χ0v) is 9.85. The van der Waals surface area contributed by atoms with Crippen molar-refractivity contribution in [3.8, 4) is 0 Å². The van der Waals surface area contributed by atoms with Gasteiger partial charge in [0.05, 0.1) is 0 Å². The standard InChI is InChI=1S/C10H8BrClO2/c1-2-9(13)6-3-4-7(10(12)14)8(11)5-6/h3-5H,2H2,1H3. The molecule has 0 fully saturated rings. The first-order valence-electron chi connectivity index (χ1n) is 4.08. The predicted molar refractivity (Wildman–Crippen MR) is 58.9 cm³/mol. The lowest BCUT2D eigenvalue weighted by molar-refractivity contribution is 0.0986. The van der Waals surface area contributed by atoms with Gasteiger partial charge in [-0.3, -0.25) is 9.59 Å². The Hall–Kier alpha value is -0.670. The Balaban J connectivity index is 3.12. The number of ketones is 1. The minimum absolute atomic E-state index is 0.0410. The highest BCUT2D eigenvalue weighted by Crippen LogP contribution is 2.21. The highest BCUT2D eigenvalue weighted by Gasteiger charge is 2.10. The van der Waals surface area contributed by atoms with Crippen LogP contribution in [0.15, 0.2) is 22.7 Å². The molecule has 0 bridgehead atoms. The van der Waals surface area contributed by atoms with Gasteiger partial charge in [-0.15, -0.1) is 0 Å². The molecule has 0 atom stereocenters. The molecule has 0 saturated heterocycles. The van der Waals surface area contributed by atoms with Crippen molar-refractivity contribution in [2.75, 3.05) is 0 Å². The fraction of sp³-hybridized carbons (Fsp3) is 0.200. The van der Waals surface area contributed by atoms with Crippen LogP contribution < -0.4 is 0 Å². The third-order valence-corrected chi connectivity index (χ3v) is 2.68. The maximum Gasteiger partial charge on any atom is 0.253 e. The van der Waals surface area contributed by atoms with Crippen LogP contribution in [0.5, 0.6) is 0 Å². The number of carbonyl (C=O) groups is 2. The molecule has 0 heterocycles. The van der Waals surface area contributed by atoms with E-state index in [0.717, 1.165) is 0 Å². The summed E-state index contributed by atoms with van der Waals surface area (Å²) >= 11 is 8.51. The molecule has 0 N–H and O–H groups in total. The Morgan fingerprint density at radius 2 is 2.07 bits per heavy atom. The molecule has 0 spiro atoms. The van der Waals surface area contributed by atoms with Gasteiger partial charge in [-0.1, -0.05) is 13.0 Å². The number of carbonyl (C=O) groups excluding carboxylic acids is 2. The largest absolute Gasteiger partial charge is 0.294 e. The van der Waals surface area contributed by atoms with E-state index in [9.17, 15) is 9.59 Å². The molecule has 0 amide bonds. The molecule has 0 aliphatic carbocycles. The lowest BCUT2D eigenvalue weighted by Crippen LogP contribution is -1.98. The van der Waals surface area contributed by atoms with Gasteiger partial charge in [0.25, 0.3) is 5.24 Å². The van der Waals surface area contributed by atoms with Gasteiger partial charge in [-0.25, -0.2) is 0 Å². The second-order valence-electron chi connectivity index (χ2n) is 2.75. The second-order valence-corrected chi connectivity index (χ2v) is 3.94.